The minimum absolute atomic E-state index is 0.0758. The topological polar surface area (TPSA) is 110 Å². The molecule has 0 aliphatic rings. The van der Waals surface area contributed by atoms with E-state index < -0.39 is 18.2 Å². The molecule has 2 atom stereocenters. The first-order valence-corrected chi connectivity index (χ1v) is 5.54. The largest absolute Gasteiger partial charge is 0.508 e. The zero-order valence-electron chi connectivity index (χ0n) is 10.00. The maximum atomic E-state index is 10.7. The summed E-state index contributed by atoms with van der Waals surface area (Å²) in [4.78, 5) is 10.7. The van der Waals surface area contributed by atoms with Crippen molar-refractivity contribution in [1.82, 2.24) is 5.32 Å². The zero-order chi connectivity index (χ0) is 13.7. The molecule has 0 saturated heterocycles. The van der Waals surface area contributed by atoms with Crippen LogP contribution in [0.5, 0.6) is 5.75 Å². The van der Waals surface area contributed by atoms with Crippen LogP contribution in [0.1, 0.15) is 28.4 Å². The van der Waals surface area contributed by atoms with Crippen LogP contribution in [0, 0.1) is 0 Å². The van der Waals surface area contributed by atoms with E-state index in [0.717, 1.165) is 6.07 Å². The number of hydrogen-bond acceptors (Lipinski definition) is 5. The smallest absolute Gasteiger partial charge is 0.335 e. The summed E-state index contributed by atoms with van der Waals surface area (Å²) in [6, 6.07) is 3.61. The molecule has 2 unspecified atom stereocenters. The Balaban J connectivity index is 2.86. The monoisotopic (exact) mass is 255 g/mol. The van der Waals surface area contributed by atoms with E-state index in [4.69, 9.17) is 5.11 Å². The van der Waals surface area contributed by atoms with Crippen molar-refractivity contribution in [3.05, 3.63) is 29.3 Å². The third-order valence-corrected chi connectivity index (χ3v) is 2.65. The molecule has 0 aliphatic heterocycles. The first kappa shape index (κ1) is 14.4. The van der Waals surface area contributed by atoms with E-state index in [0.29, 0.717) is 13.0 Å². The van der Waals surface area contributed by atoms with Crippen LogP contribution in [-0.4, -0.2) is 46.1 Å². The number of aromatic carboxylic acids is 1. The van der Waals surface area contributed by atoms with Gasteiger partial charge >= 0.3 is 5.97 Å². The van der Waals surface area contributed by atoms with Gasteiger partial charge in [-0.3, -0.25) is 0 Å². The molecule has 6 nitrogen and oxygen atoms in total. The fraction of sp³-hybridized carbons (Fsp3) is 0.417. The number of benzene rings is 1. The lowest BCUT2D eigenvalue weighted by Crippen LogP contribution is -2.23. The first-order valence-electron chi connectivity index (χ1n) is 5.54. The highest BCUT2D eigenvalue weighted by Crippen LogP contribution is 2.28. The number of carboxylic acid groups (broad SMARTS) is 1. The number of rotatable bonds is 6. The average Bonchev–Trinajstić information content (AvgIpc) is 2.34. The van der Waals surface area contributed by atoms with Gasteiger partial charge in [0.25, 0.3) is 0 Å². The normalized spacial score (nSPS) is 14.2. The molecule has 18 heavy (non-hydrogen) atoms. The van der Waals surface area contributed by atoms with Crippen LogP contribution >= 0.6 is 0 Å². The van der Waals surface area contributed by atoms with Gasteiger partial charge in [0.05, 0.1) is 11.7 Å². The zero-order valence-corrected chi connectivity index (χ0v) is 10.00. The second-order valence-electron chi connectivity index (χ2n) is 3.98. The van der Waals surface area contributed by atoms with Crippen LogP contribution in [0.25, 0.3) is 0 Å². The van der Waals surface area contributed by atoms with Crippen molar-refractivity contribution in [2.24, 2.45) is 0 Å². The number of nitrogens with one attached hydrogen (secondary N) is 1. The molecule has 0 saturated carbocycles. The molecule has 0 amide bonds. The predicted molar refractivity (Wildman–Crippen MR) is 64.6 cm³/mol. The number of phenols is 1. The first-order chi connectivity index (χ1) is 8.47. The highest BCUT2D eigenvalue weighted by atomic mass is 16.4. The van der Waals surface area contributed by atoms with Crippen molar-refractivity contribution in [2.45, 2.75) is 18.6 Å². The number of carbonyl (C=O) groups is 1. The fourth-order valence-electron chi connectivity index (χ4n) is 1.58. The van der Waals surface area contributed by atoms with Gasteiger partial charge in [-0.2, -0.15) is 0 Å². The molecular weight excluding hydrogens is 238 g/mol. The molecule has 6 heteroatoms. The molecule has 1 aromatic rings. The van der Waals surface area contributed by atoms with Gasteiger partial charge in [0.2, 0.25) is 0 Å². The molecule has 5 N–H and O–H groups in total. The van der Waals surface area contributed by atoms with E-state index in [1.54, 1.807) is 7.05 Å². The van der Waals surface area contributed by atoms with Gasteiger partial charge in [-0.1, -0.05) is 6.07 Å². The van der Waals surface area contributed by atoms with E-state index >= 15 is 0 Å². The van der Waals surface area contributed by atoms with E-state index in [1.165, 1.54) is 12.1 Å². The number of hydrogen-bond donors (Lipinski definition) is 5. The lowest BCUT2D eigenvalue weighted by molar-refractivity contribution is 0.0127. The Morgan fingerprint density at radius 3 is 2.56 bits per heavy atom. The maximum Gasteiger partial charge on any atom is 0.335 e. The number of aliphatic hydroxyl groups is 2. The van der Waals surface area contributed by atoms with Crippen LogP contribution < -0.4 is 5.32 Å². The van der Waals surface area contributed by atoms with Crippen LogP contribution in [0.15, 0.2) is 18.2 Å². The molecule has 0 radical (unpaired) electrons. The van der Waals surface area contributed by atoms with Crippen molar-refractivity contribution in [2.75, 3.05) is 13.6 Å². The number of aliphatic hydroxyl groups excluding tert-OH is 2. The molecule has 1 aromatic carbocycles. The third kappa shape index (κ3) is 3.43. The lowest BCUT2D eigenvalue weighted by atomic mass is 9.99. The summed E-state index contributed by atoms with van der Waals surface area (Å²) in [7, 11) is 1.72. The van der Waals surface area contributed by atoms with Gasteiger partial charge in [-0.25, -0.2) is 4.79 Å². The molecule has 0 fully saturated rings. The lowest BCUT2D eigenvalue weighted by Gasteiger charge is -2.19. The van der Waals surface area contributed by atoms with Crippen molar-refractivity contribution in [1.29, 1.82) is 0 Å². The van der Waals surface area contributed by atoms with E-state index in [1.807, 2.05) is 0 Å². The highest BCUT2D eigenvalue weighted by molar-refractivity contribution is 5.88. The molecule has 0 heterocycles. The minimum atomic E-state index is -1.25. The Bertz CT molecular complexity index is 421. The summed E-state index contributed by atoms with van der Waals surface area (Å²) < 4.78 is 0. The predicted octanol–water partition coefficient (Wildman–Crippen LogP) is 0.0942. The molecule has 0 aliphatic carbocycles. The summed E-state index contributed by atoms with van der Waals surface area (Å²) in [5.41, 5.74) is 0.0387. The molecule has 1 rings (SSSR count). The highest BCUT2D eigenvalue weighted by Gasteiger charge is 2.21. The second-order valence-corrected chi connectivity index (χ2v) is 3.98. The van der Waals surface area contributed by atoms with Gasteiger partial charge < -0.3 is 25.7 Å². The third-order valence-electron chi connectivity index (χ3n) is 2.65. The van der Waals surface area contributed by atoms with E-state index in [2.05, 4.69) is 5.32 Å². The molecule has 0 bridgehead atoms. The van der Waals surface area contributed by atoms with Crippen molar-refractivity contribution < 1.29 is 25.2 Å². The number of phenolic OH excluding ortho intramolecular Hbond substituents is 1. The standard InChI is InChI=1S/C12H17NO5/c1-13-5-4-9(14)11(16)8-3-2-7(12(17)18)6-10(8)15/h2-3,6,9,11,13-16H,4-5H2,1H3,(H,17,18). The Morgan fingerprint density at radius 1 is 1.39 bits per heavy atom. The Labute approximate surface area is 105 Å². The Morgan fingerprint density at radius 2 is 2.06 bits per heavy atom. The number of carboxylic acids is 1. The summed E-state index contributed by atoms with van der Waals surface area (Å²) in [6.45, 7) is 0.520. The van der Waals surface area contributed by atoms with Crippen LogP contribution in [-0.2, 0) is 0 Å². The number of aromatic hydroxyl groups is 1. The maximum absolute atomic E-state index is 10.7. The SMILES string of the molecule is CNCCC(O)C(O)c1ccc(C(=O)O)cc1O. The summed E-state index contributed by atoms with van der Waals surface area (Å²) in [5, 5.41) is 40.7. The van der Waals surface area contributed by atoms with Crippen molar-refractivity contribution >= 4 is 5.97 Å². The van der Waals surface area contributed by atoms with Crippen molar-refractivity contribution in [3.63, 3.8) is 0 Å². The van der Waals surface area contributed by atoms with E-state index in [-0.39, 0.29) is 16.9 Å². The minimum Gasteiger partial charge on any atom is -0.508 e. The van der Waals surface area contributed by atoms with Gasteiger partial charge in [0.1, 0.15) is 11.9 Å². The molecular formula is C12H17NO5. The van der Waals surface area contributed by atoms with Crippen molar-refractivity contribution in [3.8, 4) is 5.75 Å². The van der Waals surface area contributed by atoms with Crippen LogP contribution in [0.4, 0.5) is 0 Å². The van der Waals surface area contributed by atoms with Gasteiger partial charge in [0.15, 0.2) is 0 Å². The van der Waals surface area contributed by atoms with Gasteiger partial charge in [-0.15, -0.1) is 0 Å². The Hall–Kier alpha value is -1.63. The van der Waals surface area contributed by atoms with E-state index in [9.17, 15) is 20.1 Å². The molecule has 100 valence electrons. The summed E-state index contributed by atoms with van der Waals surface area (Å²) >= 11 is 0. The van der Waals surface area contributed by atoms with Gasteiger partial charge in [0, 0.05) is 5.56 Å². The van der Waals surface area contributed by atoms with Crippen LogP contribution in [0.3, 0.4) is 0 Å². The van der Waals surface area contributed by atoms with Gasteiger partial charge in [-0.05, 0) is 32.1 Å². The molecule has 0 spiro atoms. The fourth-order valence-corrected chi connectivity index (χ4v) is 1.58. The Kier molecular flexibility index (Phi) is 5.08. The second kappa shape index (κ2) is 6.34. The molecule has 0 aromatic heterocycles. The summed E-state index contributed by atoms with van der Waals surface area (Å²) in [6.07, 6.45) is -1.96. The average molecular weight is 255 g/mol. The summed E-state index contributed by atoms with van der Waals surface area (Å²) in [5.74, 6) is -1.51. The van der Waals surface area contributed by atoms with Crippen LogP contribution in [0.2, 0.25) is 0 Å². The quantitative estimate of drug-likeness (QED) is 0.493.